The molecular weight excluding hydrogens is 264 g/mol. The Morgan fingerprint density at radius 2 is 2.35 bits per heavy atom. The molecule has 0 unspecified atom stereocenters. The van der Waals surface area contributed by atoms with Crippen LogP contribution in [0.1, 0.15) is 17.6 Å². The summed E-state index contributed by atoms with van der Waals surface area (Å²) in [5, 5.41) is 14.2. The summed E-state index contributed by atoms with van der Waals surface area (Å²) in [5.41, 5.74) is 1.08. The first-order valence-corrected chi connectivity index (χ1v) is 5.88. The molecule has 3 aromatic heterocycles. The van der Waals surface area contributed by atoms with Gasteiger partial charge in [-0.2, -0.15) is 5.10 Å². The molecule has 0 spiro atoms. The van der Waals surface area contributed by atoms with Gasteiger partial charge in [0, 0.05) is 6.07 Å². The second-order valence-electron chi connectivity index (χ2n) is 3.78. The molecule has 8 nitrogen and oxygen atoms in total. The van der Waals surface area contributed by atoms with Gasteiger partial charge in [-0.3, -0.25) is 5.10 Å². The van der Waals surface area contributed by atoms with Crippen molar-refractivity contribution in [2.45, 2.75) is 6.92 Å². The number of furan rings is 1. The minimum atomic E-state index is -0.656. The number of rotatable bonds is 4. The largest absolute Gasteiger partial charge is 0.463 e. The van der Waals surface area contributed by atoms with Gasteiger partial charge in [-0.15, -0.1) is 10.2 Å². The maximum Gasteiger partial charge on any atom is 0.396 e. The lowest BCUT2D eigenvalue weighted by molar-refractivity contribution is 0.0481. The lowest BCUT2D eigenvalue weighted by Crippen LogP contribution is -2.04. The fourth-order valence-electron chi connectivity index (χ4n) is 1.59. The molecule has 8 heteroatoms. The maximum absolute atomic E-state index is 11.4. The summed E-state index contributed by atoms with van der Waals surface area (Å²) in [7, 11) is 0. The van der Waals surface area contributed by atoms with Crippen molar-refractivity contribution in [3.05, 3.63) is 30.4 Å². The lowest BCUT2D eigenvalue weighted by atomic mass is 10.3. The van der Waals surface area contributed by atoms with E-state index in [0.29, 0.717) is 17.1 Å². The zero-order chi connectivity index (χ0) is 13.9. The molecule has 0 aliphatic carbocycles. The number of aromatic nitrogens is 4. The predicted molar refractivity (Wildman–Crippen MR) is 65.5 cm³/mol. The van der Waals surface area contributed by atoms with Gasteiger partial charge in [0.15, 0.2) is 5.76 Å². The van der Waals surface area contributed by atoms with Crippen LogP contribution in [-0.4, -0.2) is 33.0 Å². The number of carbonyl (C=O) groups is 1. The molecule has 0 saturated heterocycles. The molecule has 0 radical (unpaired) electrons. The molecule has 0 bridgehead atoms. The quantitative estimate of drug-likeness (QED) is 0.724. The van der Waals surface area contributed by atoms with Gasteiger partial charge in [0.25, 0.3) is 5.89 Å². The van der Waals surface area contributed by atoms with E-state index in [0.717, 1.165) is 0 Å². The second kappa shape index (κ2) is 5.00. The maximum atomic E-state index is 11.4. The second-order valence-corrected chi connectivity index (χ2v) is 3.78. The van der Waals surface area contributed by atoms with Crippen LogP contribution in [0.15, 0.2) is 33.3 Å². The van der Waals surface area contributed by atoms with E-state index in [9.17, 15) is 4.79 Å². The monoisotopic (exact) mass is 274 g/mol. The van der Waals surface area contributed by atoms with E-state index in [2.05, 4.69) is 20.4 Å². The van der Waals surface area contributed by atoms with Gasteiger partial charge >= 0.3 is 11.9 Å². The van der Waals surface area contributed by atoms with Crippen LogP contribution in [0, 0.1) is 0 Å². The van der Waals surface area contributed by atoms with Crippen molar-refractivity contribution in [2.75, 3.05) is 6.61 Å². The normalized spacial score (nSPS) is 10.7. The molecule has 1 N–H and O–H groups in total. The first kappa shape index (κ1) is 12.2. The Kier molecular flexibility index (Phi) is 3.04. The summed E-state index contributed by atoms with van der Waals surface area (Å²) in [5.74, 6) is -0.0935. The molecule has 3 rings (SSSR count). The highest BCUT2D eigenvalue weighted by Crippen LogP contribution is 2.23. The van der Waals surface area contributed by atoms with Crippen LogP contribution >= 0.6 is 0 Å². The fraction of sp³-hybridized carbons (Fsp3) is 0.167. The average Bonchev–Trinajstić information content (AvgIpc) is 3.19. The molecule has 0 fully saturated rings. The van der Waals surface area contributed by atoms with Crippen LogP contribution < -0.4 is 0 Å². The van der Waals surface area contributed by atoms with Crippen LogP contribution in [0.5, 0.6) is 0 Å². The standard InChI is InChI=1S/C12H10N4O4/c1-2-18-12(17)11-16-15-10(20-11)8-6-7(13-14-8)9-4-3-5-19-9/h3-6H,2H2,1H3,(H,13,14). The van der Waals surface area contributed by atoms with Gasteiger partial charge in [-0.1, -0.05) is 0 Å². The highest BCUT2D eigenvalue weighted by molar-refractivity contribution is 5.84. The van der Waals surface area contributed by atoms with Gasteiger partial charge in [-0.25, -0.2) is 4.79 Å². The molecule has 0 aliphatic rings. The summed E-state index contributed by atoms with van der Waals surface area (Å²) in [4.78, 5) is 11.4. The van der Waals surface area contributed by atoms with E-state index >= 15 is 0 Å². The number of nitrogens with one attached hydrogen (secondary N) is 1. The van der Waals surface area contributed by atoms with Crippen LogP contribution in [0.3, 0.4) is 0 Å². The molecule has 0 aromatic carbocycles. The van der Waals surface area contributed by atoms with Crippen molar-refractivity contribution < 1.29 is 18.4 Å². The van der Waals surface area contributed by atoms with E-state index < -0.39 is 5.97 Å². The number of aromatic amines is 1. The van der Waals surface area contributed by atoms with E-state index in [1.165, 1.54) is 0 Å². The Balaban J connectivity index is 1.85. The fourth-order valence-corrected chi connectivity index (χ4v) is 1.59. The van der Waals surface area contributed by atoms with Gasteiger partial charge in [0.1, 0.15) is 11.4 Å². The number of esters is 1. The van der Waals surface area contributed by atoms with Gasteiger partial charge in [0.2, 0.25) is 0 Å². The van der Waals surface area contributed by atoms with Crippen molar-refractivity contribution in [3.63, 3.8) is 0 Å². The zero-order valence-electron chi connectivity index (χ0n) is 10.5. The Morgan fingerprint density at radius 1 is 1.45 bits per heavy atom. The highest BCUT2D eigenvalue weighted by Gasteiger charge is 2.18. The first-order valence-electron chi connectivity index (χ1n) is 5.88. The van der Waals surface area contributed by atoms with E-state index in [4.69, 9.17) is 13.6 Å². The summed E-state index contributed by atoms with van der Waals surface area (Å²) in [6, 6.07) is 5.22. The van der Waals surface area contributed by atoms with Crippen molar-refractivity contribution in [1.29, 1.82) is 0 Å². The Morgan fingerprint density at radius 3 is 3.10 bits per heavy atom. The molecule has 0 atom stereocenters. The zero-order valence-corrected chi connectivity index (χ0v) is 10.5. The predicted octanol–water partition coefficient (Wildman–Crippen LogP) is 1.90. The molecule has 0 saturated carbocycles. The number of hydrogen-bond donors (Lipinski definition) is 1. The third-order valence-electron chi connectivity index (χ3n) is 2.46. The van der Waals surface area contributed by atoms with Crippen molar-refractivity contribution in [3.8, 4) is 23.0 Å². The van der Waals surface area contributed by atoms with E-state index in [1.807, 2.05) is 0 Å². The lowest BCUT2D eigenvalue weighted by Gasteiger charge is -1.93. The molecule has 20 heavy (non-hydrogen) atoms. The van der Waals surface area contributed by atoms with Crippen molar-refractivity contribution in [2.24, 2.45) is 0 Å². The summed E-state index contributed by atoms with van der Waals surface area (Å²) in [6.07, 6.45) is 1.55. The molecular formula is C12H10N4O4. The number of H-pyrrole nitrogens is 1. The Bertz CT molecular complexity index is 713. The van der Waals surface area contributed by atoms with Gasteiger partial charge < -0.3 is 13.6 Å². The average molecular weight is 274 g/mol. The number of ether oxygens (including phenoxy) is 1. The van der Waals surface area contributed by atoms with Gasteiger partial charge in [-0.05, 0) is 19.1 Å². The Hall–Kier alpha value is -2.90. The van der Waals surface area contributed by atoms with E-state index in [-0.39, 0.29) is 18.4 Å². The van der Waals surface area contributed by atoms with Crippen LogP contribution in [-0.2, 0) is 4.74 Å². The highest BCUT2D eigenvalue weighted by atomic mass is 16.5. The summed E-state index contributed by atoms with van der Waals surface area (Å²) < 4.78 is 15.2. The Labute approximate surface area is 112 Å². The molecule has 0 amide bonds. The minimum absolute atomic E-state index is 0.151. The smallest absolute Gasteiger partial charge is 0.396 e. The van der Waals surface area contributed by atoms with Gasteiger partial charge in [0.05, 0.1) is 12.9 Å². The molecule has 0 aliphatic heterocycles. The van der Waals surface area contributed by atoms with Crippen molar-refractivity contribution in [1.82, 2.24) is 20.4 Å². The van der Waals surface area contributed by atoms with E-state index in [1.54, 1.807) is 31.4 Å². The summed E-state index contributed by atoms with van der Waals surface area (Å²) in [6.45, 7) is 1.93. The van der Waals surface area contributed by atoms with Crippen LogP contribution in [0.25, 0.3) is 23.0 Å². The third kappa shape index (κ3) is 2.18. The number of hydrogen-bond acceptors (Lipinski definition) is 7. The third-order valence-corrected chi connectivity index (χ3v) is 2.46. The summed E-state index contributed by atoms with van der Waals surface area (Å²) >= 11 is 0. The van der Waals surface area contributed by atoms with Crippen molar-refractivity contribution >= 4 is 5.97 Å². The SMILES string of the molecule is CCOC(=O)c1nnc(-c2cc(-c3ccco3)n[nH]2)o1. The minimum Gasteiger partial charge on any atom is -0.463 e. The molecule has 3 aromatic rings. The van der Waals surface area contributed by atoms with Crippen LogP contribution in [0.4, 0.5) is 0 Å². The molecule has 3 heterocycles. The number of carbonyl (C=O) groups excluding carboxylic acids is 1. The van der Waals surface area contributed by atoms with Crippen LogP contribution in [0.2, 0.25) is 0 Å². The topological polar surface area (TPSA) is 107 Å². The molecule has 102 valence electrons. The first-order chi connectivity index (χ1) is 9.78. The number of nitrogens with zero attached hydrogens (tertiary/aromatic N) is 3.